The number of benzene rings is 3. The first kappa shape index (κ1) is 23.3. The van der Waals surface area contributed by atoms with Gasteiger partial charge in [0.25, 0.3) is 5.91 Å². The predicted octanol–water partition coefficient (Wildman–Crippen LogP) is 5.30. The molecule has 6 nitrogen and oxygen atoms in total. The number of carbonyl (C=O) groups excluding carboxylic acids is 2. The number of esters is 1. The molecule has 0 spiro atoms. The summed E-state index contributed by atoms with van der Waals surface area (Å²) in [5.74, 6) is -0.0214. The van der Waals surface area contributed by atoms with Gasteiger partial charge in [0.1, 0.15) is 11.5 Å². The molecule has 0 unspecified atom stereocenters. The van der Waals surface area contributed by atoms with Gasteiger partial charge in [-0.3, -0.25) is 4.79 Å². The maximum Gasteiger partial charge on any atom is 0.345 e. The molecule has 0 bridgehead atoms. The summed E-state index contributed by atoms with van der Waals surface area (Å²) in [5, 5.41) is 4.54. The molecule has 3 aromatic rings. The highest BCUT2D eigenvalue weighted by Crippen LogP contribution is 2.23. The molecule has 3 rings (SSSR count). The monoisotopic (exact) mass is 470 g/mol. The van der Waals surface area contributed by atoms with E-state index >= 15 is 0 Å². The molecular formula is C24H20Cl2N2O4. The zero-order valence-electron chi connectivity index (χ0n) is 17.2. The number of nitrogens with one attached hydrogen (secondary N) is 1. The molecule has 1 N–H and O–H groups in total. The van der Waals surface area contributed by atoms with Crippen LogP contribution in [0.4, 0.5) is 0 Å². The topological polar surface area (TPSA) is 77.0 Å². The number of carbonyl (C=O) groups is 2. The van der Waals surface area contributed by atoms with Crippen LogP contribution in [0.1, 0.15) is 28.4 Å². The van der Waals surface area contributed by atoms with Crippen LogP contribution >= 0.6 is 23.2 Å². The van der Waals surface area contributed by atoms with Crippen molar-refractivity contribution in [3.8, 4) is 11.5 Å². The van der Waals surface area contributed by atoms with Gasteiger partial charge in [-0.25, -0.2) is 10.2 Å². The zero-order valence-corrected chi connectivity index (χ0v) is 18.7. The van der Waals surface area contributed by atoms with Crippen LogP contribution in [-0.2, 0) is 11.2 Å². The van der Waals surface area contributed by atoms with E-state index in [1.54, 1.807) is 30.3 Å². The first-order valence-corrected chi connectivity index (χ1v) is 10.5. The molecule has 8 heteroatoms. The highest BCUT2D eigenvalue weighted by Gasteiger charge is 2.13. The lowest BCUT2D eigenvalue weighted by Crippen LogP contribution is -2.24. The molecule has 0 aliphatic rings. The average Bonchev–Trinajstić information content (AvgIpc) is 2.79. The lowest BCUT2D eigenvalue weighted by Gasteiger charge is -2.06. The Kier molecular flexibility index (Phi) is 8.25. The number of rotatable bonds is 8. The Hall–Kier alpha value is -3.35. The Morgan fingerprint density at radius 1 is 0.969 bits per heavy atom. The summed E-state index contributed by atoms with van der Waals surface area (Å²) in [6.07, 6.45) is 2.41. The van der Waals surface area contributed by atoms with E-state index in [2.05, 4.69) is 17.5 Å². The predicted molar refractivity (Wildman–Crippen MR) is 125 cm³/mol. The Balaban J connectivity index is 1.47. The number of halogens is 2. The van der Waals surface area contributed by atoms with Crippen molar-refractivity contribution in [2.24, 2.45) is 5.10 Å². The van der Waals surface area contributed by atoms with Gasteiger partial charge in [0.15, 0.2) is 6.61 Å². The molecule has 32 heavy (non-hydrogen) atoms. The number of ether oxygens (including phenoxy) is 2. The van der Waals surface area contributed by atoms with Crippen LogP contribution in [0.25, 0.3) is 0 Å². The van der Waals surface area contributed by atoms with Crippen LogP contribution in [0.3, 0.4) is 0 Å². The van der Waals surface area contributed by atoms with E-state index < -0.39 is 5.97 Å². The van der Waals surface area contributed by atoms with Crippen molar-refractivity contribution in [2.45, 2.75) is 13.3 Å². The molecule has 0 saturated carbocycles. The first-order valence-electron chi connectivity index (χ1n) is 9.75. The molecule has 0 aliphatic heterocycles. The van der Waals surface area contributed by atoms with Gasteiger partial charge in [0.05, 0.1) is 16.8 Å². The fourth-order valence-electron chi connectivity index (χ4n) is 2.62. The molecule has 0 heterocycles. The molecular weight excluding hydrogens is 451 g/mol. The van der Waals surface area contributed by atoms with E-state index in [0.29, 0.717) is 22.1 Å². The minimum absolute atomic E-state index is 0.148. The molecule has 0 atom stereocenters. The largest absolute Gasteiger partial charge is 0.484 e. The molecule has 0 aromatic heterocycles. The fourth-order valence-corrected chi connectivity index (χ4v) is 3.11. The lowest BCUT2D eigenvalue weighted by molar-refractivity contribution is -0.123. The van der Waals surface area contributed by atoms with E-state index in [4.69, 9.17) is 32.7 Å². The minimum atomic E-state index is -0.593. The summed E-state index contributed by atoms with van der Waals surface area (Å²) >= 11 is 11.9. The van der Waals surface area contributed by atoms with Crippen LogP contribution in [0, 0.1) is 0 Å². The van der Waals surface area contributed by atoms with Crippen molar-refractivity contribution >= 4 is 41.3 Å². The number of hydrogen-bond donors (Lipinski definition) is 1. The molecule has 1 amide bonds. The molecule has 0 fully saturated rings. The number of aryl methyl sites for hydroxylation is 1. The normalized spacial score (nSPS) is 10.7. The Bertz CT molecular complexity index is 1110. The summed E-state index contributed by atoms with van der Waals surface area (Å²) in [7, 11) is 0. The van der Waals surface area contributed by atoms with Gasteiger partial charge in [-0.1, -0.05) is 42.3 Å². The van der Waals surface area contributed by atoms with Gasteiger partial charge < -0.3 is 9.47 Å². The molecule has 164 valence electrons. The standard InChI is InChI=1S/C24H20Cl2N2O4/c1-2-16-3-8-19(9-4-16)31-15-23(29)28-27-14-17-5-10-20(11-6-17)32-24(30)21-12-7-18(25)13-22(21)26/h3-14H,2,15H2,1H3,(H,28,29). The van der Waals surface area contributed by atoms with Crippen molar-refractivity contribution < 1.29 is 19.1 Å². The van der Waals surface area contributed by atoms with E-state index in [0.717, 1.165) is 6.42 Å². The van der Waals surface area contributed by atoms with Crippen molar-refractivity contribution in [3.05, 3.63) is 93.5 Å². The lowest BCUT2D eigenvalue weighted by atomic mass is 10.2. The third-order valence-electron chi connectivity index (χ3n) is 4.35. The zero-order chi connectivity index (χ0) is 22.9. The second-order valence-corrected chi connectivity index (χ2v) is 7.51. The van der Waals surface area contributed by atoms with E-state index in [-0.39, 0.29) is 23.1 Å². The molecule has 0 radical (unpaired) electrons. The second-order valence-electron chi connectivity index (χ2n) is 6.66. The molecule has 3 aromatic carbocycles. The quantitative estimate of drug-likeness (QED) is 0.209. The van der Waals surface area contributed by atoms with E-state index in [1.165, 1.54) is 23.9 Å². The SMILES string of the molecule is CCc1ccc(OCC(=O)NN=Cc2ccc(OC(=O)c3ccc(Cl)cc3Cl)cc2)cc1. The van der Waals surface area contributed by atoms with Crippen molar-refractivity contribution in [2.75, 3.05) is 6.61 Å². The summed E-state index contributed by atoms with van der Waals surface area (Å²) < 4.78 is 10.7. The number of amides is 1. The minimum Gasteiger partial charge on any atom is -0.484 e. The molecule has 0 aliphatic carbocycles. The van der Waals surface area contributed by atoms with Crippen LogP contribution in [0.2, 0.25) is 10.0 Å². The summed E-state index contributed by atoms with van der Waals surface area (Å²) in [4.78, 5) is 24.1. The van der Waals surface area contributed by atoms with Gasteiger partial charge in [-0.05, 0) is 72.1 Å². The van der Waals surface area contributed by atoms with Gasteiger partial charge in [0, 0.05) is 5.02 Å². The Morgan fingerprint density at radius 2 is 1.66 bits per heavy atom. The highest BCUT2D eigenvalue weighted by molar-refractivity contribution is 6.36. The van der Waals surface area contributed by atoms with Gasteiger partial charge in [0.2, 0.25) is 0 Å². The Morgan fingerprint density at radius 3 is 2.31 bits per heavy atom. The highest BCUT2D eigenvalue weighted by atomic mass is 35.5. The number of hydrazone groups is 1. The summed E-state index contributed by atoms with van der Waals surface area (Å²) in [6.45, 7) is 1.92. The summed E-state index contributed by atoms with van der Waals surface area (Å²) in [5.41, 5.74) is 4.51. The van der Waals surface area contributed by atoms with Gasteiger partial charge in [-0.2, -0.15) is 5.10 Å². The first-order chi connectivity index (χ1) is 15.4. The Labute approximate surface area is 195 Å². The summed E-state index contributed by atoms with van der Waals surface area (Å²) in [6, 6.07) is 18.7. The van der Waals surface area contributed by atoms with E-state index in [1.807, 2.05) is 24.3 Å². The number of nitrogens with zero attached hydrogens (tertiary/aromatic N) is 1. The van der Waals surface area contributed by atoms with Crippen LogP contribution in [-0.4, -0.2) is 24.7 Å². The van der Waals surface area contributed by atoms with Crippen molar-refractivity contribution in [1.82, 2.24) is 5.43 Å². The van der Waals surface area contributed by atoms with Crippen LogP contribution < -0.4 is 14.9 Å². The van der Waals surface area contributed by atoms with Gasteiger partial charge >= 0.3 is 5.97 Å². The maximum atomic E-state index is 12.2. The van der Waals surface area contributed by atoms with Crippen LogP contribution in [0.15, 0.2) is 71.8 Å². The van der Waals surface area contributed by atoms with E-state index in [9.17, 15) is 9.59 Å². The van der Waals surface area contributed by atoms with Crippen LogP contribution in [0.5, 0.6) is 11.5 Å². The maximum absolute atomic E-state index is 12.2. The average molecular weight is 471 g/mol. The number of hydrogen-bond acceptors (Lipinski definition) is 5. The smallest absolute Gasteiger partial charge is 0.345 e. The second kappa shape index (κ2) is 11.3. The third-order valence-corrected chi connectivity index (χ3v) is 4.89. The third kappa shape index (κ3) is 6.83. The molecule has 0 saturated heterocycles. The fraction of sp³-hybridized carbons (Fsp3) is 0.125. The van der Waals surface area contributed by atoms with Crippen molar-refractivity contribution in [1.29, 1.82) is 0 Å². The van der Waals surface area contributed by atoms with Crippen molar-refractivity contribution in [3.63, 3.8) is 0 Å². The van der Waals surface area contributed by atoms with Gasteiger partial charge in [-0.15, -0.1) is 0 Å².